The number of aryl methyl sites for hydroxylation is 1. The Morgan fingerprint density at radius 1 is 0.917 bits per heavy atom. The van der Waals surface area contributed by atoms with Crippen molar-refractivity contribution >= 4 is 29.2 Å². The number of piperidine rings is 1. The van der Waals surface area contributed by atoms with Crippen molar-refractivity contribution in [1.82, 2.24) is 9.97 Å². The fraction of sp³-hybridized carbons (Fsp3) is 0.593. The van der Waals surface area contributed by atoms with Gasteiger partial charge in [0.05, 0.1) is 29.9 Å². The van der Waals surface area contributed by atoms with Gasteiger partial charge in [0.15, 0.2) is 0 Å². The lowest BCUT2D eigenvalue weighted by Gasteiger charge is -2.34. The minimum Gasteiger partial charge on any atom is -0.394 e. The second-order valence-electron chi connectivity index (χ2n) is 11.8. The fourth-order valence-electron chi connectivity index (χ4n) is 4.56. The summed E-state index contributed by atoms with van der Waals surface area (Å²) in [5, 5.41) is 28.7. The van der Waals surface area contributed by atoms with Crippen LogP contribution >= 0.6 is 0 Å². The minimum absolute atomic E-state index is 0.0407. The highest BCUT2D eigenvalue weighted by Gasteiger charge is 2.45. The van der Waals surface area contributed by atoms with E-state index in [1.54, 1.807) is 12.1 Å². The van der Waals surface area contributed by atoms with Crippen LogP contribution in [0.1, 0.15) is 69.3 Å². The molecule has 5 N–H and O–H groups in total. The van der Waals surface area contributed by atoms with Gasteiger partial charge in [-0.1, -0.05) is 0 Å². The fourth-order valence-corrected chi connectivity index (χ4v) is 4.56. The number of hydrogen-bond donors (Lipinski definition) is 5. The summed E-state index contributed by atoms with van der Waals surface area (Å²) >= 11 is 0. The number of anilines is 4. The summed E-state index contributed by atoms with van der Waals surface area (Å²) in [4.78, 5) is 25.1. The molecule has 2 aromatic rings. The zero-order valence-electron chi connectivity index (χ0n) is 22.1. The number of hydrogen-bond acceptors (Lipinski definition) is 8. The van der Waals surface area contributed by atoms with E-state index in [0.29, 0.717) is 34.2 Å². The molecule has 2 fully saturated rings. The molecule has 1 saturated heterocycles. The largest absolute Gasteiger partial charge is 0.394 e. The van der Waals surface area contributed by atoms with Gasteiger partial charge in [-0.2, -0.15) is 0 Å². The van der Waals surface area contributed by atoms with Crippen LogP contribution in [0.2, 0.25) is 0 Å². The van der Waals surface area contributed by atoms with Crippen molar-refractivity contribution in [3.8, 4) is 0 Å². The Kier molecular flexibility index (Phi) is 7.16. The number of amides is 1. The molecule has 1 aliphatic heterocycles. The van der Waals surface area contributed by atoms with Gasteiger partial charge in [-0.25, -0.2) is 9.97 Å². The first-order chi connectivity index (χ1) is 16.9. The van der Waals surface area contributed by atoms with Crippen molar-refractivity contribution in [2.75, 3.05) is 47.2 Å². The summed E-state index contributed by atoms with van der Waals surface area (Å²) in [7, 11) is 0. The van der Waals surface area contributed by atoms with Gasteiger partial charge in [0, 0.05) is 13.1 Å². The number of carbonyl (C=O) groups excluding carboxylic acids is 1. The monoisotopic (exact) mass is 496 g/mol. The third-order valence-corrected chi connectivity index (χ3v) is 7.14. The van der Waals surface area contributed by atoms with Crippen molar-refractivity contribution in [3.05, 3.63) is 35.4 Å². The van der Waals surface area contributed by atoms with Crippen molar-refractivity contribution in [2.24, 2.45) is 5.41 Å². The molecule has 3 heterocycles. The molecule has 0 radical (unpaired) electrons. The molecule has 1 saturated carbocycles. The average Bonchev–Trinajstić information content (AvgIpc) is 3.57. The Labute approximate surface area is 213 Å². The molecule has 0 unspecified atom stereocenters. The Hall–Kier alpha value is -2.91. The zero-order valence-corrected chi connectivity index (χ0v) is 22.1. The van der Waals surface area contributed by atoms with E-state index < -0.39 is 11.1 Å². The van der Waals surface area contributed by atoms with E-state index >= 15 is 0 Å². The maximum absolute atomic E-state index is 13.5. The number of rotatable bonds is 9. The van der Waals surface area contributed by atoms with Gasteiger partial charge in [0.25, 0.3) is 5.91 Å². The summed E-state index contributed by atoms with van der Waals surface area (Å²) < 4.78 is 0. The van der Waals surface area contributed by atoms with Crippen LogP contribution in [0.25, 0.3) is 0 Å². The molecule has 2 aromatic heterocycles. The van der Waals surface area contributed by atoms with Crippen molar-refractivity contribution in [3.63, 3.8) is 0 Å². The lowest BCUT2D eigenvalue weighted by Crippen LogP contribution is -2.38. The van der Waals surface area contributed by atoms with Gasteiger partial charge in [0.1, 0.15) is 23.3 Å². The molecule has 1 amide bonds. The molecule has 36 heavy (non-hydrogen) atoms. The van der Waals surface area contributed by atoms with Crippen molar-refractivity contribution in [1.29, 1.82) is 0 Å². The third kappa shape index (κ3) is 6.25. The second kappa shape index (κ2) is 9.86. The highest BCUT2D eigenvalue weighted by molar-refractivity contribution is 6.07. The molecular formula is C27H40N6O3. The van der Waals surface area contributed by atoms with Crippen molar-refractivity contribution < 1.29 is 15.0 Å². The molecule has 9 heteroatoms. The van der Waals surface area contributed by atoms with Gasteiger partial charge >= 0.3 is 0 Å². The van der Waals surface area contributed by atoms with Gasteiger partial charge < -0.3 is 31.1 Å². The molecule has 196 valence electrons. The van der Waals surface area contributed by atoms with Crippen LogP contribution in [0.3, 0.4) is 0 Å². The van der Waals surface area contributed by atoms with E-state index in [1.165, 1.54) is 12.8 Å². The van der Waals surface area contributed by atoms with E-state index in [0.717, 1.165) is 31.5 Å². The average molecular weight is 497 g/mol. The second-order valence-corrected chi connectivity index (χ2v) is 11.8. The summed E-state index contributed by atoms with van der Waals surface area (Å²) in [5.74, 6) is 2.01. The lowest BCUT2D eigenvalue weighted by molar-refractivity contribution is 0.102. The number of nitrogens with zero attached hydrogens (tertiary/aromatic N) is 3. The van der Waals surface area contributed by atoms with E-state index in [1.807, 2.05) is 46.8 Å². The number of carbonyl (C=O) groups is 1. The molecule has 0 aromatic carbocycles. The van der Waals surface area contributed by atoms with Crippen LogP contribution in [0.5, 0.6) is 0 Å². The Balaban J connectivity index is 1.60. The highest BCUT2D eigenvalue weighted by atomic mass is 16.3. The van der Waals surface area contributed by atoms with Crippen LogP contribution in [0, 0.1) is 12.3 Å². The standard InChI is InChI=1S/C27H40N6O3/c1-18-14-21(28-22(15-18)32-26(4,5)17-35)30-24(36)19-6-7-20(31-25(2,3)16-34)29-23(19)33-12-10-27(8-9-27)11-13-33/h6-7,14-15,34-35H,8-13,16-17H2,1-5H3,(H,29,31)(H2,28,30,32,36). The minimum atomic E-state index is -0.544. The third-order valence-electron chi connectivity index (χ3n) is 7.14. The van der Waals surface area contributed by atoms with Crippen LogP contribution in [-0.2, 0) is 0 Å². The number of aliphatic hydroxyl groups is 2. The Morgan fingerprint density at radius 3 is 2.08 bits per heavy atom. The van der Waals surface area contributed by atoms with Crippen molar-refractivity contribution in [2.45, 2.75) is 71.4 Å². The van der Waals surface area contributed by atoms with Crippen LogP contribution in [0.15, 0.2) is 24.3 Å². The van der Waals surface area contributed by atoms with Gasteiger partial charge in [-0.15, -0.1) is 0 Å². The molecule has 0 bridgehead atoms. The quantitative estimate of drug-likeness (QED) is 0.355. The zero-order chi connectivity index (χ0) is 26.1. The molecule has 9 nitrogen and oxygen atoms in total. The number of nitrogens with one attached hydrogen (secondary N) is 3. The topological polar surface area (TPSA) is 123 Å². The first kappa shape index (κ1) is 26.2. The van der Waals surface area contributed by atoms with E-state index in [9.17, 15) is 15.0 Å². The first-order valence-corrected chi connectivity index (χ1v) is 12.8. The Morgan fingerprint density at radius 2 is 1.50 bits per heavy atom. The summed E-state index contributed by atoms with van der Waals surface area (Å²) in [6, 6.07) is 7.27. The lowest BCUT2D eigenvalue weighted by atomic mass is 9.93. The molecule has 0 atom stereocenters. The van der Waals surface area contributed by atoms with Gasteiger partial charge in [-0.3, -0.25) is 4.79 Å². The number of aliphatic hydroxyl groups excluding tert-OH is 2. The number of aromatic nitrogens is 2. The van der Waals surface area contributed by atoms with E-state index in [-0.39, 0.29) is 19.1 Å². The summed E-state index contributed by atoms with van der Waals surface area (Å²) in [6.07, 6.45) is 4.84. The summed E-state index contributed by atoms with van der Waals surface area (Å²) in [6.45, 7) is 11.1. The highest BCUT2D eigenvalue weighted by Crippen LogP contribution is 2.54. The predicted octanol–water partition coefficient (Wildman–Crippen LogP) is 3.78. The summed E-state index contributed by atoms with van der Waals surface area (Å²) in [5.41, 5.74) is 0.849. The van der Waals surface area contributed by atoms with E-state index in [4.69, 9.17) is 4.98 Å². The molecule has 4 rings (SSSR count). The Bertz CT molecular complexity index is 1100. The van der Waals surface area contributed by atoms with Crippen LogP contribution in [0.4, 0.5) is 23.3 Å². The number of pyridine rings is 2. The van der Waals surface area contributed by atoms with Crippen LogP contribution < -0.4 is 20.9 Å². The molecule has 2 aliphatic rings. The van der Waals surface area contributed by atoms with Gasteiger partial charge in [0.2, 0.25) is 0 Å². The molecule has 1 spiro atoms. The maximum atomic E-state index is 13.5. The van der Waals surface area contributed by atoms with Gasteiger partial charge in [-0.05, 0) is 95.5 Å². The predicted molar refractivity (Wildman–Crippen MR) is 144 cm³/mol. The normalized spacial score (nSPS) is 17.1. The SMILES string of the molecule is Cc1cc(NC(=O)c2ccc(NC(C)(C)CO)nc2N2CCC3(CC2)CC3)nc(NC(C)(C)CO)c1. The smallest absolute Gasteiger partial charge is 0.260 e. The molecular weight excluding hydrogens is 456 g/mol. The van der Waals surface area contributed by atoms with E-state index in [2.05, 4.69) is 25.8 Å². The first-order valence-electron chi connectivity index (χ1n) is 12.8. The van der Waals surface area contributed by atoms with Crippen LogP contribution in [-0.4, -0.2) is 63.5 Å². The molecule has 1 aliphatic carbocycles. The maximum Gasteiger partial charge on any atom is 0.260 e.